The lowest BCUT2D eigenvalue weighted by Gasteiger charge is -2.05. The van der Waals surface area contributed by atoms with E-state index in [-0.39, 0.29) is 13.2 Å². The Kier molecular flexibility index (Phi) is 3.13. The van der Waals surface area contributed by atoms with Gasteiger partial charge in [-0.3, -0.25) is 9.89 Å². The quantitative estimate of drug-likeness (QED) is 0.898. The first kappa shape index (κ1) is 13.0. The summed E-state index contributed by atoms with van der Waals surface area (Å²) in [4.78, 5) is 10.8. The highest BCUT2D eigenvalue weighted by Gasteiger charge is 2.21. The summed E-state index contributed by atoms with van der Waals surface area (Å²) in [6.45, 7) is 2.15. The Balaban J connectivity index is 2.05. The van der Waals surface area contributed by atoms with Crippen molar-refractivity contribution in [2.24, 2.45) is 0 Å². The SMILES string of the molecule is Cc1cc2c(cc1-c1n[nH]c(CC(=O)O)c1Br)OCO2. The highest BCUT2D eigenvalue weighted by molar-refractivity contribution is 9.10. The van der Waals surface area contributed by atoms with Crippen molar-refractivity contribution in [2.45, 2.75) is 13.3 Å². The van der Waals surface area contributed by atoms with Gasteiger partial charge < -0.3 is 14.6 Å². The molecule has 0 radical (unpaired) electrons. The Morgan fingerprint density at radius 2 is 2.15 bits per heavy atom. The van der Waals surface area contributed by atoms with Crippen LogP contribution < -0.4 is 9.47 Å². The van der Waals surface area contributed by atoms with E-state index in [9.17, 15) is 4.79 Å². The topological polar surface area (TPSA) is 84.4 Å². The summed E-state index contributed by atoms with van der Waals surface area (Å²) < 4.78 is 11.3. The second-order valence-corrected chi connectivity index (χ2v) is 5.25. The van der Waals surface area contributed by atoms with E-state index in [4.69, 9.17) is 14.6 Å². The molecule has 104 valence electrons. The zero-order valence-electron chi connectivity index (χ0n) is 10.6. The fourth-order valence-corrected chi connectivity index (χ4v) is 2.64. The zero-order valence-corrected chi connectivity index (χ0v) is 12.2. The van der Waals surface area contributed by atoms with Crippen LogP contribution in [0.5, 0.6) is 11.5 Å². The Hall–Kier alpha value is -2.02. The van der Waals surface area contributed by atoms with Crippen LogP contribution in [0, 0.1) is 6.92 Å². The zero-order chi connectivity index (χ0) is 14.3. The fourth-order valence-electron chi connectivity index (χ4n) is 2.11. The predicted octanol–water partition coefficient (Wildman–Crippen LogP) is 2.50. The van der Waals surface area contributed by atoms with Gasteiger partial charge in [-0.2, -0.15) is 5.10 Å². The van der Waals surface area contributed by atoms with Crippen LogP contribution in [0.25, 0.3) is 11.3 Å². The minimum absolute atomic E-state index is 0.114. The van der Waals surface area contributed by atoms with Gasteiger partial charge in [0, 0.05) is 5.56 Å². The fraction of sp³-hybridized carbons (Fsp3) is 0.231. The maximum atomic E-state index is 10.8. The Bertz CT molecular complexity index is 696. The number of aliphatic carboxylic acids is 1. The molecule has 0 unspecified atom stereocenters. The monoisotopic (exact) mass is 338 g/mol. The summed E-state index contributed by atoms with van der Waals surface area (Å²) >= 11 is 3.40. The van der Waals surface area contributed by atoms with E-state index in [0.29, 0.717) is 27.4 Å². The molecule has 2 heterocycles. The van der Waals surface area contributed by atoms with E-state index < -0.39 is 5.97 Å². The number of ether oxygens (including phenoxy) is 2. The first-order chi connectivity index (χ1) is 9.56. The van der Waals surface area contributed by atoms with E-state index in [1.807, 2.05) is 19.1 Å². The van der Waals surface area contributed by atoms with Crippen molar-refractivity contribution in [1.82, 2.24) is 10.2 Å². The van der Waals surface area contributed by atoms with Gasteiger partial charge >= 0.3 is 5.97 Å². The summed E-state index contributed by atoms with van der Waals surface area (Å²) in [5.74, 6) is 0.465. The molecule has 7 heteroatoms. The van der Waals surface area contributed by atoms with Crippen LogP contribution in [0.15, 0.2) is 16.6 Å². The summed E-state index contributed by atoms with van der Waals surface area (Å²) in [6.07, 6.45) is -0.114. The first-order valence-corrected chi connectivity index (χ1v) is 6.70. The molecule has 0 saturated carbocycles. The van der Waals surface area contributed by atoms with Crippen molar-refractivity contribution in [3.63, 3.8) is 0 Å². The van der Waals surface area contributed by atoms with Crippen LogP contribution in [0.1, 0.15) is 11.3 Å². The van der Waals surface area contributed by atoms with Crippen LogP contribution in [-0.2, 0) is 11.2 Å². The Morgan fingerprint density at radius 1 is 1.45 bits per heavy atom. The number of fused-ring (bicyclic) bond motifs is 1. The number of carboxylic acid groups (broad SMARTS) is 1. The van der Waals surface area contributed by atoms with Crippen molar-refractivity contribution >= 4 is 21.9 Å². The molecule has 2 aromatic rings. The summed E-state index contributed by atoms with van der Waals surface area (Å²) in [7, 11) is 0. The summed E-state index contributed by atoms with van der Waals surface area (Å²) in [5, 5.41) is 15.8. The van der Waals surface area contributed by atoms with E-state index in [0.717, 1.165) is 11.1 Å². The number of rotatable bonds is 3. The third-order valence-electron chi connectivity index (χ3n) is 3.08. The lowest BCUT2D eigenvalue weighted by atomic mass is 10.0. The number of carboxylic acids is 1. The molecular formula is C13H11BrN2O4. The van der Waals surface area contributed by atoms with Gasteiger partial charge in [-0.25, -0.2) is 0 Å². The van der Waals surface area contributed by atoms with E-state index in [1.54, 1.807) is 0 Å². The molecule has 0 amide bonds. The van der Waals surface area contributed by atoms with Crippen molar-refractivity contribution in [3.8, 4) is 22.8 Å². The molecular weight excluding hydrogens is 328 g/mol. The molecule has 0 aliphatic carbocycles. The van der Waals surface area contributed by atoms with Crippen LogP contribution in [0.3, 0.4) is 0 Å². The molecule has 0 atom stereocenters. The smallest absolute Gasteiger partial charge is 0.309 e. The largest absolute Gasteiger partial charge is 0.481 e. The number of nitrogens with one attached hydrogen (secondary N) is 1. The third kappa shape index (κ3) is 2.14. The molecule has 0 fully saturated rings. The lowest BCUT2D eigenvalue weighted by Crippen LogP contribution is -2.00. The number of benzene rings is 1. The van der Waals surface area contributed by atoms with Gasteiger partial charge in [-0.1, -0.05) is 0 Å². The van der Waals surface area contributed by atoms with Crippen molar-refractivity contribution in [2.75, 3.05) is 6.79 Å². The van der Waals surface area contributed by atoms with Crippen molar-refractivity contribution in [1.29, 1.82) is 0 Å². The van der Waals surface area contributed by atoms with Crippen LogP contribution in [0.2, 0.25) is 0 Å². The van der Waals surface area contributed by atoms with Gasteiger partial charge in [0.1, 0.15) is 5.69 Å². The highest BCUT2D eigenvalue weighted by atomic mass is 79.9. The van der Waals surface area contributed by atoms with Gasteiger partial charge in [0.25, 0.3) is 0 Å². The van der Waals surface area contributed by atoms with Crippen molar-refractivity contribution < 1.29 is 19.4 Å². The maximum absolute atomic E-state index is 10.8. The second-order valence-electron chi connectivity index (χ2n) is 4.46. The average Bonchev–Trinajstić information content (AvgIpc) is 2.96. The number of aromatic amines is 1. The molecule has 0 saturated heterocycles. The molecule has 1 aliphatic heterocycles. The van der Waals surface area contributed by atoms with E-state index >= 15 is 0 Å². The molecule has 1 aromatic carbocycles. The van der Waals surface area contributed by atoms with Crippen LogP contribution in [-0.4, -0.2) is 28.1 Å². The number of aryl methyl sites for hydroxylation is 1. The average molecular weight is 339 g/mol. The Morgan fingerprint density at radius 3 is 2.85 bits per heavy atom. The number of H-pyrrole nitrogens is 1. The molecule has 0 spiro atoms. The predicted molar refractivity (Wildman–Crippen MR) is 73.9 cm³/mol. The van der Waals surface area contributed by atoms with E-state index in [2.05, 4.69) is 26.1 Å². The minimum Gasteiger partial charge on any atom is -0.481 e. The highest BCUT2D eigenvalue weighted by Crippen LogP contribution is 2.40. The van der Waals surface area contributed by atoms with Crippen LogP contribution in [0.4, 0.5) is 0 Å². The third-order valence-corrected chi connectivity index (χ3v) is 3.93. The number of nitrogens with zero attached hydrogens (tertiary/aromatic N) is 1. The molecule has 1 aliphatic rings. The number of halogens is 1. The van der Waals surface area contributed by atoms with Gasteiger partial charge in [0.05, 0.1) is 16.6 Å². The normalized spacial score (nSPS) is 12.7. The molecule has 2 N–H and O–H groups in total. The van der Waals surface area contributed by atoms with E-state index in [1.165, 1.54) is 0 Å². The van der Waals surface area contributed by atoms with Gasteiger partial charge in [0.15, 0.2) is 11.5 Å². The summed E-state index contributed by atoms with van der Waals surface area (Å²) in [5.41, 5.74) is 3.04. The molecule has 6 nitrogen and oxygen atoms in total. The summed E-state index contributed by atoms with van der Waals surface area (Å²) in [6, 6.07) is 3.73. The number of hydrogen-bond donors (Lipinski definition) is 2. The number of hydrogen-bond acceptors (Lipinski definition) is 4. The Labute approximate surface area is 122 Å². The molecule has 0 bridgehead atoms. The lowest BCUT2D eigenvalue weighted by molar-refractivity contribution is -0.136. The van der Waals surface area contributed by atoms with Crippen molar-refractivity contribution in [3.05, 3.63) is 27.9 Å². The standard InChI is InChI=1S/C13H11BrN2O4/c1-6-2-9-10(20-5-19-9)3-7(6)13-12(14)8(15-16-13)4-11(17)18/h2-3H,4-5H2,1H3,(H,15,16)(H,17,18). The number of aromatic nitrogens is 2. The molecule has 3 rings (SSSR count). The second kappa shape index (κ2) is 4.82. The minimum atomic E-state index is -0.914. The molecule has 20 heavy (non-hydrogen) atoms. The van der Waals surface area contributed by atoms with Gasteiger partial charge in [0.2, 0.25) is 6.79 Å². The van der Waals surface area contributed by atoms with Crippen LogP contribution >= 0.6 is 15.9 Å². The van der Waals surface area contributed by atoms with Gasteiger partial charge in [-0.05, 0) is 40.5 Å². The first-order valence-electron chi connectivity index (χ1n) is 5.91. The number of carbonyl (C=O) groups is 1. The molecule has 1 aromatic heterocycles. The van der Waals surface area contributed by atoms with Gasteiger partial charge in [-0.15, -0.1) is 0 Å². The maximum Gasteiger partial charge on any atom is 0.309 e.